The zero-order chi connectivity index (χ0) is 22.7. The summed E-state index contributed by atoms with van der Waals surface area (Å²) < 4.78 is 0. The first-order chi connectivity index (χ1) is 15.5. The Morgan fingerprint density at radius 1 is 0.781 bits per heavy atom. The predicted molar refractivity (Wildman–Crippen MR) is 125 cm³/mol. The number of ketones is 2. The third-order valence-corrected chi connectivity index (χ3v) is 5.70. The van der Waals surface area contributed by atoms with Crippen molar-refractivity contribution in [1.82, 2.24) is 0 Å². The van der Waals surface area contributed by atoms with Crippen LogP contribution < -0.4 is 10.6 Å². The normalized spacial score (nSPS) is 12.8. The molecule has 0 radical (unpaired) electrons. The Bertz CT molecular complexity index is 1320. The number of rotatable bonds is 5. The van der Waals surface area contributed by atoms with Gasteiger partial charge in [-0.2, -0.15) is 5.26 Å². The molecule has 4 rings (SSSR count). The van der Waals surface area contributed by atoms with Gasteiger partial charge in [-0.25, -0.2) is 0 Å². The Morgan fingerprint density at radius 2 is 1.38 bits per heavy atom. The summed E-state index contributed by atoms with van der Waals surface area (Å²) in [6.45, 7) is 0. The minimum atomic E-state index is -0.616. The molecule has 0 bridgehead atoms. The molecule has 3 aromatic carbocycles. The number of anilines is 2. The van der Waals surface area contributed by atoms with Gasteiger partial charge in [-0.15, -0.1) is 11.8 Å². The number of carbonyl (C=O) groups excluding carboxylic acids is 3. The lowest BCUT2D eigenvalue weighted by Gasteiger charge is -2.18. The van der Waals surface area contributed by atoms with Gasteiger partial charge in [-0.1, -0.05) is 42.5 Å². The van der Waals surface area contributed by atoms with Gasteiger partial charge in [-0.05, 0) is 36.6 Å². The van der Waals surface area contributed by atoms with E-state index in [-0.39, 0.29) is 22.7 Å². The van der Waals surface area contributed by atoms with Crippen molar-refractivity contribution in [2.45, 2.75) is 0 Å². The van der Waals surface area contributed by atoms with Gasteiger partial charge in [0.05, 0.1) is 5.03 Å². The van der Waals surface area contributed by atoms with Crippen LogP contribution in [-0.2, 0) is 4.79 Å². The fraction of sp³-hybridized carbons (Fsp3) is 0.0400. The van der Waals surface area contributed by atoms with E-state index in [0.29, 0.717) is 27.4 Å². The van der Waals surface area contributed by atoms with E-state index in [4.69, 9.17) is 0 Å². The van der Waals surface area contributed by atoms with Gasteiger partial charge in [0.25, 0.3) is 5.91 Å². The molecule has 0 aromatic heterocycles. The van der Waals surface area contributed by atoms with Crippen LogP contribution in [0.25, 0.3) is 0 Å². The minimum Gasteiger partial charge on any atom is -0.349 e. The molecule has 0 heterocycles. The first-order valence-corrected chi connectivity index (χ1v) is 10.9. The van der Waals surface area contributed by atoms with Crippen molar-refractivity contribution in [3.63, 3.8) is 0 Å². The summed E-state index contributed by atoms with van der Waals surface area (Å²) in [5.74, 6) is -1.13. The third-order valence-electron chi connectivity index (χ3n) is 4.98. The summed E-state index contributed by atoms with van der Waals surface area (Å²) in [7, 11) is 0. The molecule has 2 N–H and O–H groups in total. The molecule has 0 atom stereocenters. The Kier molecular flexibility index (Phi) is 5.88. The first kappa shape index (κ1) is 21.1. The van der Waals surface area contributed by atoms with Gasteiger partial charge in [0.2, 0.25) is 0 Å². The number of nitriles is 1. The molecule has 0 spiro atoms. The molecule has 1 amide bonds. The molecule has 0 aliphatic heterocycles. The monoisotopic (exact) mass is 439 g/mol. The summed E-state index contributed by atoms with van der Waals surface area (Å²) in [6, 6.07) is 22.4. The lowest BCUT2D eigenvalue weighted by molar-refractivity contribution is -0.112. The van der Waals surface area contributed by atoms with Gasteiger partial charge >= 0.3 is 0 Å². The lowest BCUT2D eigenvalue weighted by Crippen LogP contribution is -2.22. The fourth-order valence-corrected chi connectivity index (χ4v) is 4.01. The molecule has 156 valence electrons. The van der Waals surface area contributed by atoms with Crippen molar-refractivity contribution in [2.24, 2.45) is 0 Å². The molecule has 7 heteroatoms. The van der Waals surface area contributed by atoms with E-state index in [9.17, 15) is 19.6 Å². The van der Waals surface area contributed by atoms with E-state index >= 15 is 0 Å². The van der Waals surface area contributed by atoms with E-state index < -0.39 is 5.91 Å². The number of para-hydroxylation sites is 1. The van der Waals surface area contributed by atoms with Crippen LogP contribution in [0.4, 0.5) is 11.4 Å². The molecule has 0 saturated heterocycles. The van der Waals surface area contributed by atoms with E-state index in [1.165, 1.54) is 23.9 Å². The van der Waals surface area contributed by atoms with Gasteiger partial charge < -0.3 is 10.6 Å². The number of carbonyl (C=O) groups is 3. The van der Waals surface area contributed by atoms with Gasteiger partial charge in [0, 0.05) is 33.6 Å². The number of hydrogen-bond donors (Lipinski definition) is 2. The van der Waals surface area contributed by atoms with E-state index in [0.717, 1.165) is 5.69 Å². The highest BCUT2D eigenvalue weighted by Gasteiger charge is 2.29. The van der Waals surface area contributed by atoms with Crippen molar-refractivity contribution in [1.29, 1.82) is 5.26 Å². The molecule has 6 nitrogen and oxygen atoms in total. The maximum Gasteiger partial charge on any atom is 0.269 e. The van der Waals surface area contributed by atoms with Crippen LogP contribution in [0.1, 0.15) is 31.8 Å². The summed E-state index contributed by atoms with van der Waals surface area (Å²) >= 11 is 1.24. The van der Waals surface area contributed by atoms with Crippen LogP contribution in [-0.4, -0.2) is 23.7 Å². The highest BCUT2D eigenvalue weighted by molar-refractivity contribution is 8.02. The second-order valence-electron chi connectivity index (χ2n) is 6.93. The average molecular weight is 439 g/mol. The smallest absolute Gasteiger partial charge is 0.269 e. The topological polar surface area (TPSA) is 99.1 Å². The second kappa shape index (κ2) is 8.92. The number of hydrogen-bond acceptors (Lipinski definition) is 6. The second-order valence-corrected chi connectivity index (χ2v) is 7.75. The zero-order valence-corrected chi connectivity index (χ0v) is 17.8. The molecular formula is C25H17N3O3S. The predicted octanol–water partition coefficient (Wildman–Crippen LogP) is 4.61. The van der Waals surface area contributed by atoms with Crippen LogP contribution in [0, 0.1) is 11.3 Å². The summed E-state index contributed by atoms with van der Waals surface area (Å²) in [4.78, 5) is 38.5. The van der Waals surface area contributed by atoms with Crippen LogP contribution in [0.2, 0.25) is 0 Å². The molecule has 1 aliphatic carbocycles. The largest absolute Gasteiger partial charge is 0.349 e. The number of amides is 1. The maximum atomic E-state index is 12.9. The third kappa shape index (κ3) is 3.92. The molecule has 1 aliphatic rings. The quantitative estimate of drug-likeness (QED) is 0.348. The van der Waals surface area contributed by atoms with E-state index in [1.807, 2.05) is 36.4 Å². The van der Waals surface area contributed by atoms with E-state index in [1.54, 1.807) is 36.6 Å². The molecule has 0 saturated carbocycles. The zero-order valence-electron chi connectivity index (χ0n) is 17.0. The fourth-order valence-electron chi connectivity index (χ4n) is 3.44. The van der Waals surface area contributed by atoms with Crippen molar-refractivity contribution < 1.29 is 14.4 Å². The van der Waals surface area contributed by atoms with Crippen molar-refractivity contribution in [3.8, 4) is 6.07 Å². The first-order valence-electron chi connectivity index (χ1n) is 9.67. The van der Waals surface area contributed by atoms with Gasteiger partial charge in [0.1, 0.15) is 11.6 Å². The van der Waals surface area contributed by atoms with Crippen molar-refractivity contribution >= 4 is 40.6 Å². The molecular weight excluding hydrogens is 422 g/mol. The lowest BCUT2D eigenvalue weighted by atomic mass is 9.84. The highest BCUT2D eigenvalue weighted by Crippen LogP contribution is 2.29. The Hall–Kier alpha value is -4.15. The molecule has 0 fully saturated rings. The van der Waals surface area contributed by atoms with Gasteiger partial charge in [0.15, 0.2) is 11.6 Å². The molecule has 0 unspecified atom stereocenters. The standard InChI is InChI=1S/C25H17N3O3S/c1-32-25(28-15-7-3-2-4-8-15)21(14-26)24(31)27-16-11-12-19-20(13-16)23(30)18-10-6-5-9-17(18)22(19)29/h2-13,28H,1H3,(H,27,31)/b25-21+. The van der Waals surface area contributed by atoms with E-state index in [2.05, 4.69) is 10.6 Å². The Balaban J connectivity index is 1.63. The van der Waals surface area contributed by atoms with Crippen LogP contribution >= 0.6 is 11.8 Å². The van der Waals surface area contributed by atoms with Crippen LogP contribution in [0.15, 0.2) is 83.4 Å². The average Bonchev–Trinajstić information content (AvgIpc) is 2.83. The Morgan fingerprint density at radius 3 is 2.00 bits per heavy atom. The highest BCUT2D eigenvalue weighted by atomic mass is 32.2. The van der Waals surface area contributed by atoms with Crippen molar-refractivity contribution in [2.75, 3.05) is 16.9 Å². The summed E-state index contributed by atoms with van der Waals surface area (Å²) in [5, 5.41) is 15.8. The number of thioether (sulfide) groups is 1. The van der Waals surface area contributed by atoms with Gasteiger partial charge in [-0.3, -0.25) is 14.4 Å². The summed E-state index contributed by atoms with van der Waals surface area (Å²) in [6.07, 6.45) is 1.76. The minimum absolute atomic E-state index is 0.0909. The Labute approximate surface area is 189 Å². The van der Waals surface area contributed by atoms with Crippen LogP contribution in [0.5, 0.6) is 0 Å². The number of benzene rings is 3. The molecule has 3 aromatic rings. The molecule has 32 heavy (non-hydrogen) atoms. The number of fused-ring (bicyclic) bond motifs is 2. The van der Waals surface area contributed by atoms with Crippen molar-refractivity contribution in [3.05, 3.63) is 106 Å². The summed E-state index contributed by atoms with van der Waals surface area (Å²) in [5.41, 5.74) is 2.19. The number of nitrogens with zero attached hydrogens (tertiary/aromatic N) is 1. The maximum absolute atomic E-state index is 12.9. The van der Waals surface area contributed by atoms with Crippen LogP contribution in [0.3, 0.4) is 0 Å². The number of nitrogens with one attached hydrogen (secondary N) is 2. The SMILES string of the molecule is CS/C(Nc1ccccc1)=C(\C#N)C(=O)Nc1ccc2c(c1)C(=O)c1ccccc1C2=O.